The van der Waals surface area contributed by atoms with Gasteiger partial charge in [0.05, 0.1) is 6.61 Å². The van der Waals surface area contributed by atoms with Crippen LogP contribution >= 0.6 is 11.6 Å². The number of aliphatic hydroxyl groups excluding tert-OH is 1. The molecule has 0 bridgehead atoms. The number of fused-ring (bicyclic) bond motifs is 1. The monoisotopic (exact) mass is 250 g/mol. The molecular weight excluding hydrogens is 240 g/mol. The van der Waals surface area contributed by atoms with E-state index in [0.29, 0.717) is 12.4 Å². The van der Waals surface area contributed by atoms with E-state index in [4.69, 9.17) is 20.8 Å². The fraction of sp³-hybridized carbons (Fsp3) is 0.231. The molecular formula is C13H11ClO3. The molecule has 1 atom stereocenters. The second kappa shape index (κ2) is 4.09. The van der Waals surface area contributed by atoms with Gasteiger partial charge in [0, 0.05) is 6.42 Å². The van der Waals surface area contributed by atoms with Crippen molar-refractivity contribution >= 4 is 11.6 Å². The number of halogens is 1. The van der Waals surface area contributed by atoms with Gasteiger partial charge in [-0.15, -0.1) is 0 Å². The Labute approximate surface area is 104 Å². The molecule has 1 aliphatic rings. The molecule has 0 saturated carbocycles. The molecule has 3 nitrogen and oxygen atoms in total. The second-order valence-corrected chi connectivity index (χ2v) is 4.38. The quantitative estimate of drug-likeness (QED) is 0.891. The van der Waals surface area contributed by atoms with E-state index in [0.717, 1.165) is 23.3 Å². The Morgan fingerprint density at radius 2 is 2.12 bits per heavy atom. The average Bonchev–Trinajstić information content (AvgIpc) is 2.95. The topological polar surface area (TPSA) is 42.6 Å². The van der Waals surface area contributed by atoms with E-state index in [1.54, 1.807) is 12.1 Å². The fourth-order valence-electron chi connectivity index (χ4n) is 2.02. The van der Waals surface area contributed by atoms with Crippen molar-refractivity contribution in [2.75, 3.05) is 6.61 Å². The minimum atomic E-state index is -0.784. The molecule has 0 fully saturated rings. The van der Waals surface area contributed by atoms with Crippen LogP contribution in [0.25, 0.3) is 0 Å². The molecule has 0 amide bonds. The molecule has 0 spiro atoms. The zero-order valence-corrected chi connectivity index (χ0v) is 9.78. The van der Waals surface area contributed by atoms with Crippen molar-refractivity contribution in [2.24, 2.45) is 0 Å². The summed E-state index contributed by atoms with van der Waals surface area (Å²) in [7, 11) is 0. The molecule has 1 unspecified atom stereocenters. The van der Waals surface area contributed by atoms with E-state index >= 15 is 0 Å². The zero-order valence-electron chi connectivity index (χ0n) is 9.02. The van der Waals surface area contributed by atoms with Gasteiger partial charge in [-0.05, 0) is 47.0 Å². The van der Waals surface area contributed by atoms with Crippen molar-refractivity contribution in [1.29, 1.82) is 0 Å². The lowest BCUT2D eigenvalue weighted by atomic mass is 10.0. The number of hydrogen-bond donors (Lipinski definition) is 1. The minimum absolute atomic E-state index is 0.281. The lowest BCUT2D eigenvalue weighted by Gasteiger charge is -2.09. The molecule has 17 heavy (non-hydrogen) atoms. The predicted molar refractivity (Wildman–Crippen MR) is 63.4 cm³/mol. The Bertz CT molecular complexity index is 547. The van der Waals surface area contributed by atoms with Crippen molar-refractivity contribution in [1.82, 2.24) is 0 Å². The van der Waals surface area contributed by atoms with E-state index < -0.39 is 6.10 Å². The van der Waals surface area contributed by atoms with Crippen molar-refractivity contribution in [2.45, 2.75) is 12.5 Å². The molecule has 1 N–H and O–H groups in total. The Hall–Kier alpha value is -1.45. The van der Waals surface area contributed by atoms with E-state index in [1.165, 1.54) is 0 Å². The second-order valence-electron chi connectivity index (χ2n) is 4.01. The van der Waals surface area contributed by atoms with Crippen LogP contribution in [-0.2, 0) is 6.42 Å². The molecule has 2 aromatic rings. The van der Waals surface area contributed by atoms with Crippen molar-refractivity contribution in [3.63, 3.8) is 0 Å². The van der Waals surface area contributed by atoms with Crippen LogP contribution in [-0.4, -0.2) is 11.7 Å². The molecule has 4 heteroatoms. The maximum atomic E-state index is 10.1. The smallest absolute Gasteiger partial charge is 0.193 e. The van der Waals surface area contributed by atoms with Crippen LogP contribution < -0.4 is 4.74 Å². The van der Waals surface area contributed by atoms with Crippen molar-refractivity contribution < 1.29 is 14.3 Å². The lowest BCUT2D eigenvalue weighted by molar-refractivity contribution is 0.189. The standard InChI is InChI=1S/C13H11ClO3/c14-12-4-3-11(17-12)13(15)9-1-2-10-8(7-9)5-6-16-10/h1-4,7,13,15H,5-6H2. The maximum absolute atomic E-state index is 10.1. The first-order chi connectivity index (χ1) is 8.24. The highest BCUT2D eigenvalue weighted by atomic mass is 35.5. The SMILES string of the molecule is OC(c1ccc2c(c1)CCO2)c1ccc(Cl)o1. The summed E-state index contributed by atoms with van der Waals surface area (Å²) < 4.78 is 10.6. The first-order valence-corrected chi connectivity index (χ1v) is 5.81. The van der Waals surface area contributed by atoms with Crippen LogP contribution in [0.4, 0.5) is 0 Å². The third kappa shape index (κ3) is 1.92. The van der Waals surface area contributed by atoms with Crippen molar-refractivity contribution in [3.8, 4) is 5.75 Å². The van der Waals surface area contributed by atoms with Gasteiger partial charge >= 0.3 is 0 Å². The Kier molecular flexibility index (Phi) is 2.57. The molecule has 0 saturated heterocycles. The normalized spacial score (nSPS) is 15.4. The summed E-state index contributed by atoms with van der Waals surface area (Å²) in [4.78, 5) is 0. The van der Waals surface area contributed by atoms with Crippen LogP contribution in [0.3, 0.4) is 0 Å². The first kappa shape index (κ1) is 10.7. The fourth-order valence-corrected chi connectivity index (χ4v) is 2.17. The average molecular weight is 251 g/mol. The third-order valence-corrected chi connectivity index (χ3v) is 3.10. The van der Waals surface area contributed by atoms with Gasteiger partial charge < -0.3 is 14.3 Å². The van der Waals surface area contributed by atoms with Crippen LogP contribution in [0.5, 0.6) is 5.75 Å². The molecule has 1 aliphatic heterocycles. The largest absolute Gasteiger partial charge is 0.493 e. The van der Waals surface area contributed by atoms with Gasteiger partial charge in [0.1, 0.15) is 17.6 Å². The maximum Gasteiger partial charge on any atom is 0.193 e. The zero-order chi connectivity index (χ0) is 11.8. The minimum Gasteiger partial charge on any atom is -0.493 e. The molecule has 3 rings (SSSR count). The van der Waals surface area contributed by atoms with E-state index in [-0.39, 0.29) is 5.22 Å². The van der Waals surface area contributed by atoms with Gasteiger partial charge in [-0.25, -0.2) is 0 Å². The van der Waals surface area contributed by atoms with Crippen LogP contribution in [0.15, 0.2) is 34.7 Å². The van der Waals surface area contributed by atoms with Crippen LogP contribution in [0.2, 0.25) is 5.22 Å². The number of aliphatic hydroxyl groups is 1. The summed E-state index contributed by atoms with van der Waals surface area (Å²) >= 11 is 5.69. The summed E-state index contributed by atoms with van der Waals surface area (Å²) in [5, 5.41) is 10.4. The van der Waals surface area contributed by atoms with Gasteiger partial charge in [-0.3, -0.25) is 0 Å². The number of hydrogen-bond acceptors (Lipinski definition) is 3. The Morgan fingerprint density at radius 3 is 2.88 bits per heavy atom. The van der Waals surface area contributed by atoms with Gasteiger partial charge in [0.25, 0.3) is 0 Å². The lowest BCUT2D eigenvalue weighted by Crippen LogP contribution is -1.98. The molecule has 0 radical (unpaired) electrons. The van der Waals surface area contributed by atoms with Crippen LogP contribution in [0, 0.1) is 0 Å². The Morgan fingerprint density at radius 1 is 1.24 bits per heavy atom. The molecule has 1 aromatic heterocycles. The molecule has 0 aliphatic carbocycles. The van der Waals surface area contributed by atoms with E-state index in [1.807, 2.05) is 18.2 Å². The first-order valence-electron chi connectivity index (χ1n) is 5.43. The van der Waals surface area contributed by atoms with Gasteiger partial charge in [0.15, 0.2) is 5.22 Å². The summed E-state index contributed by atoms with van der Waals surface area (Å²) in [6.07, 6.45) is 0.0998. The number of benzene rings is 1. The highest BCUT2D eigenvalue weighted by Gasteiger charge is 2.18. The Balaban J connectivity index is 1.94. The van der Waals surface area contributed by atoms with Gasteiger partial charge in [0.2, 0.25) is 0 Å². The molecule has 88 valence electrons. The molecule has 2 heterocycles. The highest BCUT2D eigenvalue weighted by Crippen LogP contribution is 2.31. The number of ether oxygens (including phenoxy) is 1. The number of rotatable bonds is 2. The third-order valence-electron chi connectivity index (χ3n) is 2.89. The van der Waals surface area contributed by atoms with Gasteiger partial charge in [-0.2, -0.15) is 0 Å². The summed E-state index contributed by atoms with van der Waals surface area (Å²) in [6, 6.07) is 8.97. The highest BCUT2D eigenvalue weighted by molar-refractivity contribution is 6.28. The summed E-state index contributed by atoms with van der Waals surface area (Å²) in [6.45, 7) is 0.710. The summed E-state index contributed by atoms with van der Waals surface area (Å²) in [5.74, 6) is 1.35. The molecule has 1 aromatic carbocycles. The van der Waals surface area contributed by atoms with Crippen molar-refractivity contribution in [3.05, 3.63) is 52.4 Å². The van der Waals surface area contributed by atoms with Crippen LogP contribution in [0.1, 0.15) is 23.0 Å². The van der Waals surface area contributed by atoms with Gasteiger partial charge in [-0.1, -0.05) is 6.07 Å². The van der Waals surface area contributed by atoms with E-state index in [2.05, 4.69) is 0 Å². The summed E-state index contributed by atoms with van der Waals surface area (Å²) in [5.41, 5.74) is 1.92. The predicted octanol–water partition coefficient (Wildman–Crippen LogP) is 2.95. The van der Waals surface area contributed by atoms with E-state index in [9.17, 15) is 5.11 Å². The number of furan rings is 1.